The molecule has 0 radical (unpaired) electrons. The predicted octanol–water partition coefficient (Wildman–Crippen LogP) is 2.38. The molecule has 0 bridgehead atoms. The van der Waals surface area contributed by atoms with Crippen LogP contribution in [0, 0.1) is 11.6 Å². The summed E-state index contributed by atoms with van der Waals surface area (Å²) in [5.41, 5.74) is 0.320. The van der Waals surface area contributed by atoms with Crippen molar-refractivity contribution < 1.29 is 18.3 Å². The summed E-state index contributed by atoms with van der Waals surface area (Å²) in [4.78, 5) is 10.4. The van der Waals surface area contributed by atoms with Gasteiger partial charge in [-0.15, -0.1) is 0 Å². The molecule has 0 N–H and O–H groups in total. The predicted molar refractivity (Wildman–Crippen MR) is 49.3 cm³/mol. The Hall–Kier alpha value is -1.29. The Morgan fingerprint density at radius 2 is 2.13 bits per heavy atom. The van der Waals surface area contributed by atoms with Gasteiger partial charge < -0.3 is 9.53 Å². The summed E-state index contributed by atoms with van der Waals surface area (Å²) in [7, 11) is 0. The van der Waals surface area contributed by atoms with Crippen LogP contribution in [0.4, 0.5) is 8.78 Å². The molecule has 1 saturated heterocycles. The van der Waals surface area contributed by atoms with Crippen LogP contribution in [0.25, 0.3) is 0 Å². The molecule has 1 fully saturated rings. The molecule has 1 aromatic rings. The molecule has 0 aromatic heterocycles. The first kappa shape index (κ1) is 10.2. The van der Waals surface area contributed by atoms with E-state index in [-0.39, 0.29) is 0 Å². The van der Waals surface area contributed by atoms with Crippen molar-refractivity contribution in [2.24, 2.45) is 0 Å². The lowest BCUT2D eigenvalue weighted by molar-refractivity contribution is -0.117. The monoisotopic (exact) mass is 212 g/mol. The van der Waals surface area contributed by atoms with Crippen LogP contribution in [0.2, 0.25) is 0 Å². The number of ether oxygens (including phenoxy) is 1. The van der Waals surface area contributed by atoms with Crippen LogP contribution in [0.1, 0.15) is 24.5 Å². The molecule has 2 unspecified atom stereocenters. The molecular formula is C11H10F2O2. The van der Waals surface area contributed by atoms with Crippen LogP contribution < -0.4 is 0 Å². The molecule has 1 heterocycles. The van der Waals surface area contributed by atoms with Gasteiger partial charge in [0.15, 0.2) is 0 Å². The van der Waals surface area contributed by atoms with Gasteiger partial charge in [0.2, 0.25) is 0 Å². The molecule has 2 rings (SSSR count). The molecule has 80 valence electrons. The van der Waals surface area contributed by atoms with Crippen molar-refractivity contribution in [2.45, 2.75) is 25.0 Å². The van der Waals surface area contributed by atoms with Crippen molar-refractivity contribution in [3.63, 3.8) is 0 Å². The van der Waals surface area contributed by atoms with Crippen LogP contribution in [0.15, 0.2) is 18.2 Å². The van der Waals surface area contributed by atoms with E-state index in [1.54, 1.807) is 0 Å². The molecule has 4 heteroatoms. The maximum atomic E-state index is 13.3. The van der Waals surface area contributed by atoms with Gasteiger partial charge in [-0.25, -0.2) is 8.78 Å². The van der Waals surface area contributed by atoms with E-state index in [9.17, 15) is 13.6 Å². The van der Waals surface area contributed by atoms with Gasteiger partial charge in [-0.1, -0.05) is 6.07 Å². The van der Waals surface area contributed by atoms with Gasteiger partial charge in [0.05, 0.1) is 6.10 Å². The first-order valence-corrected chi connectivity index (χ1v) is 4.76. The standard InChI is InChI=1S/C11H10F2O2/c12-7-1-3-9(10(13)5-7)11-4-2-8(6-14)15-11/h1,3,5-6,8,11H,2,4H2. The fourth-order valence-corrected chi connectivity index (χ4v) is 1.75. The Morgan fingerprint density at radius 3 is 2.73 bits per heavy atom. The number of benzene rings is 1. The molecule has 0 amide bonds. The number of hydrogen-bond donors (Lipinski definition) is 0. The molecule has 0 saturated carbocycles. The van der Waals surface area contributed by atoms with Crippen molar-refractivity contribution in [3.8, 4) is 0 Å². The molecule has 15 heavy (non-hydrogen) atoms. The normalized spacial score (nSPS) is 25.5. The van der Waals surface area contributed by atoms with Gasteiger partial charge in [-0.05, 0) is 18.9 Å². The fraction of sp³-hybridized carbons (Fsp3) is 0.364. The second-order valence-electron chi connectivity index (χ2n) is 3.54. The zero-order valence-corrected chi connectivity index (χ0v) is 7.95. The lowest BCUT2D eigenvalue weighted by Crippen LogP contribution is -2.08. The fourth-order valence-electron chi connectivity index (χ4n) is 1.75. The first-order valence-electron chi connectivity index (χ1n) is 4.76. The minimum absolute atomic E-state index is 0.320. The van der Waals surface area contributed by atoms with Crippen LogP contribution in [0.5, 0.6) is 0 Å². The Balaban J connectivity index is 2.20. The highest BCUT2D eigenvalue weighted by Crippen LogP contribution is 2.33. The molecule has 0 spiro atoms. The van der Waals surface area contributed by atoms with Crippen molar-refractivity contribution >= 4 is 6.29 Å². The zero-order chi connectivity index (χ0) is 10.8. The average molecular weight is 212 g/mol. The Bertz CT molecular complexity index is 379. The maximum Gasteiger partial charge on any atom is 0.148 e. The van der Waals surface area contributed by atoms with E-state index in [1.165, 1.54) is 12.1 Å². The highest BCUT2D eigenvalue weighted by atomic mass is 19.1. The first-order chi connectivity index (χ1) is 7.20. The third-order valence-corrected chi connectivity index (χ3v) is 2.51. The number of carbonyl (C=O) groups is 1. The SMILES string of the molecule is O=CC1CCC(c2ccc(F)cc2F)O1. The lowest BCUT2D eigenvalue weighted by atomic mass is 10.1. The second-order valence-corrected chi connectivity index (χ2v) is 3.54. The average Bonchev–Trinajstić information content (AvgIpc) is 2.66. The number of carbonyl (C=O) groups excluding carboxylic acids is 1. The summed E-state index contributed by atoms with van der Waals surface area (Å²) in [6, 6.07) is 3.38. The van der Waals surface area contributed by atoms with Crippen molar-refractivity contribution in [1.29, 1.82) is 0 Å². The summed E-state index contributed by atoms with van der Waals surface area (Å²) in [5, 5.41) is 0. The minimum Gasteiger partial charge on any atom is -0.363 e. The van der Waals surface area contributed by atoms with E-state index in [2.05, 4.69) is 0 Å². The second kappa shape index (κ2) is 4.06. The van der Waals surface area contributed by atoms with E-state index < -0.39 is 23.8 Å². The minimum atomic E-state index is -0.619. The van der Waals surface area contributed by atoms with Crippen LogP contribution in [0.3, 0.4) is 0 Å². The summed E-state index contributed by atoms with van der Waals surface area (Å²) in [6.45, 7) is 0. The Kier molecular flexibility index (Phi) is 2.77. The van der Waals surface area contributed by atoms with Gasteiger partial charge >= 0.3 is 0 Å². The van der Waals surface area contributed by atoms with E-state index in [0.29, 0.717) is 24.7 Å². The zero-order valence-electron chi connectivity index (χ0n) is 7.95. The van der Waals surface area contributed by atoms with Gasteiger partial charge in [-0.3, -0.25) is 0 Å². The molecular weight excluding hydrogens is 202 g/mol. The number of halogens is 2. The Morgan fingerprint density at radius 1 is 1.33 bits per heavy atom. The molecule has 2 atom stereocenters. The topological polar surface area (TPSA) is 26.3 Å². The van der Waals surface area contributed by atoms with Crippen molar-refractivity contribution in [2.75, 3.05) is 0 Å². The lowest BCUT2D eigenvalue weighted by Gasteiger charge is -2.11. The van der Waals surface area contributed by atoms with E-state index in [0.717, 1.165) is 6.07 Å². The molecule has 1 aliphatic rings. The molecule has 2 nitrogen and oxygen atoms in total. The van der Waals surface area contributed by atoms with Crippen LogP contribution in [-0.2, 0) is 9.53 Å². The highest BCUT2D eigenvalue weighted by Gasteiger charge is 2.27. The van der Waals surface area contributed by atoms with Gasteiger partial charge in [-0.2, -0.15) is 0 Å². The molecule has 0 aliphatic carbocycles. The number of rotatable bonds is 2. The van der Waals surface area contributed by atoms with E-state index in [1.807, 2.05) is 0 Å². The van der Waals surface area contributed by atoms with Crippen LogP contribution >= 0.6 is 0 Å². The number of hydrogen-bond acceptors (Lipinski definition) is 2. The number of aldehydes is 1. The van der Waals surface area contributed by atoms with Gasteiger partial charge in [0.1, 0.15) is 24.0 Å². The Labute approximate surface area is 85.9 Å². The van der Waals surface area contributed by atoms with Gasteiger partial charge in [0.25, 0.3) is 0 Å². The third-order valence-electron chi connectivity index (χ3n) is 2.51. The summed E-state index contributed by atoms with van der Waals surface area (Å²) in [6.07, 6.45) is 0.999. The van der Waals surface area contributed by atoms with Crippen molar-refractivity contribution in [3.05, 3.63) is 35.4 Å². The van der Waals surface area contributed by atoms with Gasteiger partial charge in [0, 0.05) is 11.6 Å². The summed E-state index contributed by atoms with van der Waals surface area (Å²) >= 11 is 0. The smallest absolute Gasteiger partial charge is 0.148 e. The summed E-state index contributed by atoms with van der Waals surface area (Å²) < 4.78 is 31.3. The van der Waals surface area contributed by atoms with Crippen LogP contribution in [-0.4, -0.2) is 12.4 Å². The highest BCUT2D eigenvalue weighted by molar-refractivity contribution is 5.56. The quantitative estimate of drug-likeness (QED) is 0.703. The third kappa shape index (κ3) is 2.04. The molecule has 1 aromatic carbocycles. The largest absolute Gasteiger partial charge is 0.363 e. The summed E-state index contributed by atoms with van der Waals surface area (Å²) in [5.74, 6) is -1.23. The van der Waals surface area contributed by atoms with E-state index in [4.69, 9.17) is 4.74 Å². The van der Waals surface area contributed by atoms with Crippen molar-refractivity contribution in [1.82, 2.24) is 0 Å². The van der Waals surface area contributed by atoms with E-state index >= 15 is 0 Å². The maximum absolute atomic E-state index is 13.3. The molecule has 1 aliphatic heterocycles.